The summed E-state index contributed by atoms with van der Waals surface area (Å²) in [5.41, 5.74) is -0.172. The summed E-state index contributed by atoms with van der Waals surface area (Å²) in [4.78, 5) is 12.0. The number of Topliss-reactive ketones (excluding diaryl/α,β-unsaturated/α-hetero) is 1. The Morgan fingerprint density at radius 1 is 1.33 bits per heavy atom. The van der Waals surface area contributed by atoms with Crippen LogP contribution in [0.25, 0.3) is 0 Å². The normalized spacial score (nSPS) is 17.6. The maximum Gasteiger partial charge on any atom is 0.183 e. The number of hydrogen-bond donors (Lipinski definition) is 0. The zero-order valence-corrected chi connectivity index (χ0v) is 8.92. The van der Waals surface area contributed by atoms with Crippen molar-refractivity contribution in [1.82, 2.24) is 0 Å². The molecule has 2 nitrogen and oxygen atoms in total. The van der Waals surface area contributed by atoms with E-state index in [2.05, 4.69) is 6.07 Å². The van der Waals surface area contributed by atoms with Crippen LogP contribution in [-0.4, -0.2) is 5.78 Å². The average Bonchev–Trinajstić information content (AvgIpc) is 2.18. The van der Waals surface area contributed by atoms with Gasteiger partial charge in [-0.2, -0.15) is 5.26 Å². The first kappa shape index (κ1) is 10.2. The number of nitriles is 1. The Morgan fingerprint density at radius 3 is 2.33 bits per heavy atom. The molecule has 0 spiro atoms. The van der Waals surface area contributed by atoms with Crippen molar-refractivity contribution in [2.45, 2.75) is 19.3 Å². The lowest BCUT2D eigenvalue weighted by atomic mass is 9.66. The molecule has 1 saturated carbocycles. The molecule has 1 aliphatic rings. The fraction of sp³-hybridized carbons (Fsp3) is 0.333. The first-order valence-corrected chi connectivity index (χ1v) is 5.27. The van der Waals surface area contributed by atoms with Crippen molar-refractivity contribution in [1.29, 1.82) is 5.26 Å². The monoisotopic (exact) mass is 219 g/mol. The van der Waals surface area contributed by atoms with E-state index in [-0.39, 0.29) is 5.78 Å². The molecule has 0 radical (unpaired) electrons. The predicted octanol–water partition coefficient (Wildman–Crippen LogP) is 3.22. The number of carbonyl (C=O) groups excluding carboxylic acids is 1. The number of ketones is 1. The highest BCUT2D eigenvalue weighted by Gasteiger charge is 2.44. The Hall–Kier alpha value is -1.33. The molecule has 0 atom stereocenters. The molecule has 0 aromatic heterocycles. The van der Waals surface area contributed by atoms with Crippen LogP contribution in [0.1, 0.15) is 29.6 Å². The van der Waals surface area contributed by atoms with E-state index in [1.807, 2.05) is 0 Å². The summed E-state index contributed by atoms with van der Waals surface area (Å²) in [5, 5.41) is 9.63. The highest BCUT2D eigenvalue weighted by atomic mass is 35.5. The Labute approximate surface area is 93.5 Å². The van der Waals surface area contributed by atoms with Crippen LogP contribution in [0.5, 0.6) is 0 Å². The number of benzene rings is 1. The Bertz CT molecular complexity index is 426. The summed E-state index contributed by atoms with van der Waals surface area (Å²) in [5.74, 6) is -0.0621. The van der Waals surface area contributed by atoms with Crippen molar-refractivity contribution >= 4 is 17.4 Å². The Balaban J connectivity index is 2.29. The molecule has 76 valence electrons. The first-order valence-electron chi connectivity index (χ1n) is 4.90. The first-order chi connectivity index (χ1) is 7.18. The second-order valence-electron chi connectivity index (χ2n) is 3.88. The molecular formula is C12H10ClNO. The molecule has 0 bridgehead atoms. The highest BCUT2D eigenvalue weighted by molar-refractivity contribution is 6.30. The number of rotatable bonds is 2. The zero-order chi connectivity index (χ0) is 10.9. The van der Waals surface area contributed by atoms with Crippen LogP contribution < -0.4 is 0 Å². The molecule has 0 heterocycles. The Morgan fingerprint density at radius 2 is 1.93 bits per heavy atom. The molecule has 0 amide bonds. The van der Waals surface area contributed by atoms with Crippen molar-refractivity contribution in [3.8, 4) is 6.07 Å². The molecule has 15 heavy (non-hydrogen) atoms. The summed E-state index contributed by atoms with van der Waals surface area (Å²) in [6.45, 7) is 0. The van der Waals surface area contributed by atoms with Crippen LogP contribution in [0, 0.1) is 16.7 Å². The van der Waals surface area contributed by atoms with E-state index >= 15 is 0 Å². The molecule has 3 heteroatoms. The Kier molecular flexibility index (Phi) is 2.50. The molecule has 0 N–H and O–H groups in total. The maximum absolute atomic E-state index is 12.0. The summed E-state index contributed by atoms with van der Waals surface area (Å²) < 4.78 is 0. The standard InChI is InChI=1S/C12H10ClNO/c13-10-4-2-9(3-5-10)11(15)12(8-14)6-1-7-12/h2-5H,1,6-7H2. The van der Waals surface area contributed by atoms with Gasteiger partial charge in [-0.25, -0.2) is 0 Å². The van der Waals surface area contributed by atoms with E-state index in [0.29, 0.717) is 23.4 Å². The van der Waals surface area contributed by atoms with Gasteiger partial charge in [0.05, 0.1) is 6.07 Å². The van der Waals surface area contributed by atoms with Gasteiger partial charge >= 0.3 is 0 Å². The third kappa shape index (κ3) is 1.64. The quantitative estimate of drug-likeness (QED) is 0.717. The molecule has 1 fully saturated rings. The lowest BCUT2D eigenvalue weighted by molar-refractivity contribution is 0.0748. The van der Waals surface area contributed by atoms with E-state index in [1.165, 1.54) is 0 Å². The second kappa shape index (κ2) is 3.67. The van der Waals surface area contributed by atoms with Crippen molar-refractivity contribution in [2.75, 3.05) is 0 Å². The van der Waals surface area contributed by atoms with Gasteiger partial charge in [0.25, 0.3) is 0 Å². The van der Waals surface area contributed by atoms with Crippen molar-refractivity contribution in [2.24, 2.45) is 5.41 Å². The van der Waals surface area contributed by atoms with Crippen molar-refractivity contribution < 1.29 is 4.79 Å². The van der Waals surface area contributed by atoms with E-state index in [1.54, 1.807) is 24.3 Å². The number of carbonyl (C=O) groups is 1. The number of hydrogen-bond acceptors (Lipinski definition) is 2. The van der Waals surface area contributed by atoms with Crippen LogP contribution in [0.2, 0.25) is 5.02 Å². The van der Waals surface area contributed by atoms with Crippen LogP contribution in [-0.2, 0) is 0 Å². The molecule has 1 aliphatic carbocycles. The van der Waals surface area contributed by atoms with E-state index in [4.69, 9.17) is 16.9 Å². The van der Waals surface area contributed by atoms with Gasteiger partial charge < -0.3 is 0 Å². The topological polar surface area (TPSA) is 40.9 Å². The predicted molar refractivity (Wildman–Crippen MR) is 57.7 cm³/mol. The second-order valence-corrected chi connectivity index (χ2v) is 4.32. The van der Waals surface area contributed by atoms with Gasteiger partial charge in [-0.3, -0.25) is 4.79 Å². The SMILES string of the molecule is N#CC1(C(=O)c2ccc(Cl)cc2)CCC1. The summed E-state index contributed by atoms with van der Waals surface area (Å²) in [7, 11) is 0. The smallest absolute Gasteiger partial charge is 0.183 e. The fourth-order valence-electron chi connectivity index (χ4n) is 1.80. The fourth-order valence-corrected chi connectivity index (χ4v) is 1.92. The minimum atomic E-state index is -0.756. The summed E-state index contributed by atoms with van der Waals surface area (Å²) >= 11 is 5.74. The molecular weight excluding hydrogens is 210 g/mol. The van der Waals surface area contributed by atoms with Crippen LogP contribution in [0.4, 0.5) is 0 Å². The van der Waals surface area contributed by atoms with Gasteiger partial charge in [-0.15, -0.1) is 0 Å². The molecule has 2 rings (SSSR count). The summed E-state index contributed by atoms with van der Waals surface area (Å²) in [6, 6.07) is 8.87. The minimum Gasteiger partial charge on any atom is -0.292 e. The number of nitrogens with zero attached hydrogens (tertiary/aromatic N) is 1. The van der Waals surface area contributed by atoms with Crippen molar-refractivity contribution in [3.05, 3.63) is 34.9 Å². The number of halogens is 1. The van der Waals surface area contributed by atoms with E-state index < -0.39 is 5.41 Å². The largest absolute Gasteiger partial charge is 0.292 e. The van der Waals surface area contributed by atoms with Gasteiger partial charge in [0.15, 0.2) is 5.78 Å². The molecule has 0 unspecified atom stereocenters. The molecule has 1 aromatic carbocycles. The molecule has 1 aromatic rings. The van der Waals surface area contributed by atoms with Crippen molar-refractivity contribution in [3.63, 3.8) is 0 Å². The molecule has 0 aliphatic heterocycles. The lowest BCUT2D eigenvalue weighted by Crippen LogP contribution is -2.36. The molecule has 0 saturated heterocycles. The average molecular weight is 220 g/mol. The third-order valence-corrected chi connectivity index (χ3v) is 3.21. The highest BCUT2D eigenvalue weighted by Crippen LogP contribution is 2.42. The van der Waals surface area contributed by atoms with Crippen LogP contribution >= 0.6 is 11.6 Å². The van der Waals surface area contributed by atoms with Gasteiger partial charge in [-0.1, -0.05) is 11.6 Å². The van der Waals surface area contributed by atoms with Crippen LogP contribution in [0.15, 0.2) is 24.3 Å². The maximum atomic E-state index is 12.0. The third-order valence-electron chi connectivity index (χ3n) is 2.96. The van der Waals surface area contributed by atoms with Gasteiger partial charge in [-0.05, 0) is 43.5 Å². The van der Waals surface area contributed by atoms with Crippen LogP contribution in [0.3, 0.4) is 0 Å². The van der Waals surface area contributed by atoms with E-state index in [9.17, 15) is 4.79 Å². The lowest BCUT2D eigenvalue weighted by Gasteiger charge is -2.33. The van der Waals surface area contributed by atoms with Gasteiger partial charge in [0, 0.05) is 10.6 Å². The van der Waals surface area contributed by atoms with Gasteiger partial charge in [0.2, 0.25) is 0 Å². The zero-order valence-electron chi connectivity index (χ0n) is 8.16. The van der Waals surface area contributed by atoms with Gasteiger partial charge in [0.1, 0.15) is 5.41 Å². The van der Waals surface area contributed by atoms with E-state index in [0.717, 1.165) is 6.42 Å². The summed E-state index contributed by atoms with van der Waals surface area (Å²) in [6.07, 6.45) is 2.34. The minimum absolute atomic E-state index is 0.0621.